The normalized spacial score (nSPS) is 10.6. The zero-order valence-corrected chi connectivity index (χ0v) is 11.4. The van der Waals surface area contributed by atoms with E-state index >= 15 is 0 Å². The van der Waals surface area contributed by atoms with Crippen LogP contribution in [0.4, 0.5) is 5.69 Å². The predicted octanol–water partition coefficient (Wildman–Crippen LogP) is 3.01. The average Bonchev–Trinajstić information content (AvgIpc) is 2.96. The number of thioether (sulfide) groups is 1. The van der Waals surface area contributed by atoms with E-state index in [0.29, 0.717) is 23.2 Å². The number of nitrogen functional groups attached to an aromatic ring is 1. The second-order valence-electron chi connectivity index (χ2n) is 4.08. The van der Waals surface area contributed by atoms with Crippen LogP contribution >= 0.6 is 11.8 Å². The van der Waals surface area contributed by atoms with Gasteiger partial charge in [0.25, 0.3) is 0 Å². The Bertz CT molecular complexity index is 699. The molecule has 0 fully saturated rings. The number of benzene rings is 1. The number of nitrogens with two attached hydrogens (primary N) is 1. The Balaban J connectivity index is 1.71. The van der Waals surface area contributed by atoms with E-state index in [0.717, 1.165) is 10.5 Å². The Kier molecular flexibility index (Phi) is 3.64. The number of aromatic nitrogens is 3. The van der Waals surface area contributed by atoms with Gasteiger partial charge in [0.1, 0.15) is 0 Å². The molecule has 0 spiro atoms. The monoisotopic (exact) mass is 284 g/mol. The maximum Gasteiger partial charge on any atom is 0.237 e. The fourth-order valence-corrected chi connectivity index (χ4v) is 2.46. The van der Waals surface area contributed by atoms with Crippen molar-refractivity contribution in [3.63, 3.8) is 0 Å². The summed E-state index contributed by atoms with van der Waals surface area (Å²) in [6.45, 7) is 0. The molecule has 0 aliphatic carbocycles. The molecule has 6 heteroatoms. The van der Waals surface area contributed by atoms with Crippen molar-refractivity contribution in [3.8, 4) is 11.4 Å². The van der Waals surface area contributed by atoms with Gasteiger partial charge in [0.05, 0.1) is 17.6 Å². The molecule has 3 aromatic rings. The largest absolute Gasteiger partial charge is 0.397 e. The lowest BCUT2D eigenvalue weighted by atomic mass is 10.2. The van der Waals surface area contributed by atoms with Gasteiger partial charge in [0.15, 0.2) is 0 Å². The van der Waals surface area contributed by atoms with Gasteiger partial charge in [-0.2, -0.15) is 4.98 Å². The summed E-state index contributed by atoms with van der Waals surface area (Å²) in [7, 11) is 0. The summed E-state index contributed by atoms with van der Waals surface area (Å²) in [5, 5.41) is 3.98. The van der Waals surface area contributed by atoms with Gasteiger partial charge in [-0.1, -0.05) is 35.5 Å². The van der Waals surface area contributed by atoms with E-state index in [9.17, 15) is 0 Å². The van der Waals surface area contributed by atoms with Gasteiger partial charge < -0.3 is 10.3 Å². The van der Waals surface area contributed by atoms with Gasteiger partial charge in [-0.15, -0.1) is 11.8 Å². The van der Waals surface area contributed by atoms with Gasteiger partial charge in [-0.25, -0.2) is 0 Å². The van der Waals surface area contributed by atoms with Gasteiger partial charge in [-0.3, -0.25) is 4.98 Å². The summed E-state index contributed by atoms with van der Waals surface area (Å²) in [6, 6.07) is 11.6. The molecule has 0 unspecified atom stereocenters. The van der Waals surface area contributed by atoms with Crippen LogP contribution in [-0.2, 0) is 5.75 Å². The zero-order valence-electron chi connectivity index (χ0n) is 10.6. The molecule has 2 aromatic heterocycles. The summed E-state index contributed by atoms with van der Waals surface area (Å²) in [5.74, 6) is 1.75. The standard InChI is InChI=1S/C14H12N4OS/c15-11-8-16-7-6-12(11)20-9-13-17-14(18-19-13)10-4-2-1-3-5-10/h1-8H,9,15H2. The second-order valence-corrected chi connectivity index (χ2v) is 5.10. The number of rotatable bonds is 4. The van der Waals surface area contributed by atoms with Crippen LogP contribution in [-0.4, -0.2) is 15.1 Å². The van der Waals surface area contributed by atoms with E-state index in [1.165, 1.54) is 0 Å². The predicted molar refractivity (Wildman–Crippen MR) is 77.9 cm³/mol. The Morgan fingerprint density at radius 2 is 2.00 bits per heavy atom. The molecular weight excluding hydrogens is 272 g/mol. The maximum absolute atomic E-state index is 5.83. The number of anilines is 1. The van der Waals surface area contributed by atoms with Crippen molar-refractivity contribution in [1.82, 2.24) is 15.1 Å². The lowest BCUT2D eigenvalue weighted by molar-refractivity contribution is 0.391. The van der Waals surface area contributed by atoms with Gasteiger partial charge in [-0.05, 0) is 6.07 Å². The van der Waals surface area contributed by atoms with Crippen molar-refractivity contribution in [2.24, 2.45) is 0 Å². The van der Waals surface area contributed by atoms with E-state index in [1.807, 2.05) is 36.4 Å². The molecule has 0 saturated heterocycles. The zero-order chi connectivity index (χ0) is 13.8. The van der Waals surface area contributed by atoms with Crippen LogP contribution in [0.5, 0.6) is 0 Å². The Hall–Kier alpha value is -2.34. The van der Waals surface area contributed by atoms with Crippen LogP contribution in [0.3, 0.4) is 0 Å². The second kappa shape index (κ2) is 5.75. The molecule has 0 amide bonds. The molecule has 0 saturated carbocycles. The first-order valence-corrected chi connectivity index (χ1v) is 7.02. The van der Waals surface area contributed by atoms with Crippen molar-refractivity contribution in [1.29, 1.82) is 0 Å². The Morgan fingerprint density at radius 3 is 2.80 bits per heavy atom. The lowest BCUT2D eigenvalue weighted by Gasteiger charge is -2.01. The van der Waals surface area contributed by atoms with Crippen LogP contribution in [0.15, 0.2) is 58.2 Å². The summed E-state index contributed by atoms with van der Waals surface area (Å²) < 4.78 is 5.24. The van der Waals surface area contributed by atoms with E-state index in [2.05, 4.69) is 15.1 Å². The fraction of sp³-hybridized carbons (Fsp3) is 0.0714. The molecule has 3 rings (SSSR count). The molecule has 0 aliphatic rings. The van der Waals surface area contributed by atoms with Crippen molar-refractivity contribution in [3.05, 3.63) is 54.7 Å². The molecule has 0 radical (unpaired) electrons. The summed E-state index contributed by atoms with van der Waals surface area (Å²) in [6.07, 6.45) is 3.34. The van der Waals surface area contributed by atoms with E-state index in [4.69, 9.17) is 10.3 Å². The average molecular weight is 284 g/mol. The van der Waals surface area contributed by atoms with Crippen LogP contribution in [0, 0.1) is 0 Å². The minimum atomic E-state index is 0.574. The molecule has 2 N–H and O–H groups in total. The minimum Gasteiger partial charge on any atom is -0.397 e. The topological polar surface area (TPSA) is 77.8 Å². The smallest absolute Gasteiger partial charge is 0.237 e. The van der Waals surface area contributed by atoms with Crippen LogP contribution in [0.25, 0.3) is 11.4 Å². The van der Waals surface area contributed by atoms with Crippen molar-refractivity contribution in [2.75, 3.05) is 5.73 Å². The number of hydrogen-bond acceptors (Lipinski definition) is 6. The third-order valence-corrected chi connectivity index (χ3v) is 3.74. The highest BCUT2D eigenvalue weighted by Crippen LogP contribution is 2.27. The quantitative estimate of drug-likeness (QED) is 0.742. The van der Waals surface area contributed by atoms with Gasteiger partial charge in [0, 0.05) is 16.7 Å². The first kappa shape index (κ1) is 12.7. The molecular formula is C14H12N4OS. The Labute approximate surface area is 120 Å². The molecule has 2 heterocycles. The Morgan fingerprint density at radius 1 is 1.15 bits per heavy atom. The summed E-state index contributed by atoms with van der Waals surface area (Å²) >= 11 is 1.55. The SMILES string of the molecule is Nc1cnccc1SCc1nc(-c2ccccc2)no1. The highest BCUT2D eigenvalue weighted by Gasteiger charge is 2.09. The minimum absolute atomic E-state index is 0.574. The van der Waals surface area contributed by atoms with Gasteiger partial charge in [0.2, 0.25) is 11.7 Å². The first-order valence-electron chi connectivity index (χ1n) is 6.03. The van der Waals surface area contributed by atoms with E-state index in [-0.39, 0.29) is 0 Å². The lowest BCUT2D eigenvalue weighted by Crippen LogP contribution is -1.90. The molecule has 20 heavy (non-hydrogen) atoms. The van der Waals surface area contributed by atoms with Crippen LogP contribution < -0.4 is 5.73 Å². The number of nitrogens with zero attached hydrogens (tertiary/aromatic N) is 3. The summed E-state index contributed by atoms with van der Waals surface area (Å²) in [4.78, 5) is 9.28. The fourth-order valence-electron chi connectivity index (χ4n) is 1.68. The highest BCUT2D eigenvalue weighted by molar-refractivity contribution is 7.98. The third kappa shape index (κ3) is 2.80. The van der Waals surface area contributed by atoms with E-state index < -0.39 is 0 Å². The number of hydrogen-bond donors (Lipinski definition) is 1. The van der Waals surface area contributed by atoms with Crippen molar-refractivity contribution < 1.29 is 4.52 Å². The van der Waals surface area contributed by atoms with Crippen LogP contribution in [0.2, 0.25) is 0 Å². The van der Waals surface area contributed by atoms with Crippen molar-refractivity contribution in [2.45, 2.75) is 10.6 Å². The molecule has 0 bridgehead atoms. The molecule has 0 aliphatic heterocycles. The molecule has 5 nitrogen and oxygen atoms in total. The van der Waals surface area contributed by atoms with Crippen molar-refractivity contribution >= 4 is 17.4 Å². The molecule has 0 atom stereocenters. The molecule has 1 aromatic carbocycles. The first-order chi connectivity index (χ1) is 9.83. The number of pyridine rings is 1. The molecule has 100 valence electrons. The van der Waals surface area contributed by atoms with E-state index in [1.54, 1.807) is 24.2 Å². The van der Waals surface area contributed by atoms with Gasteiger partial charge >= 0.3 is 0 Å². The maximum atomic E-state index is 5.83. The third-order valence-electron chi connectivity index (χ3n) is 2.66. The summed E-state index contributed by atoms with van der Waals surface area (Å²) in [5.41, 5.74) is 7.42. The highest BCUT2D eigenvalue weighted by atomic mass is 32.2. The van der Waals surface area contributed by atoms with Crippen LogP contribution in [0.1, 0.15) is 5.89 Å².